The number of ether oxygens (including phenoxy) is 1. The van der Waals surface area contributed by atoms with Gasteiger partial charge in [-0.25, -0.2) is 8.42 Å². The van der Waals surface area contributed by atoms with Crippen LogP contribution in [0.15, 0.2) is 29.2 Å². The number of hydrogen-bond donors (Lipinski definition) is 1. The molecule has 6 heteroatoms. The van der Waals surface area contributed by atoms with Gasteiger partial charge in [-0.15, -0.1) is 0 Å². The van der Waals surface area contributed by atoms with E-state index in [2.05, 4.69) is 5.32 Å². The Kier molecular flexibility index (Phi) is 4.19. The van der Waals surface area contributed by atoms with Crippen LogP contribution in [0.1, 0.15) is 13.3 Å². The zero-order valence-electron chi connectivity index (χ0n) is 12.3. The lowest BCUT2D eigenvalue weighted by atomic mass is 10.0. The Morgan fingerprint density at radius 2 is 1.81 bits per heavy atom. The lowest BCUT2D eigenvalue weighted by Gasteiger charge is -2.17. The highest BCUT2D eigenvalue weighted by Crippen LogP contribution is 2.31. The van der Waals surface area contributed by atoms with Crippen LogP contribution in [0.5, 0.6) is 5.75 Å². The van der Waals surface area contributed by atoms with Crippen molar-refractivity contribution in [1.29, 1.82) is 0 Å². The maximum Gasteiger partial charge on any atom is 0.243 e. The second-order valence-electron chi connectivity index (χ2n) is 5.82. The number of sulfonamides is 1. The molecule has 1 aromatic carbocycles. The third-order valence-electron chi connectivity index (χ3n) is 4.29. The summed E-state index contributed by atoms with van der Waals surface area (Å²) in [7, 11) is -3.37. The van der Waals surface area contributed by atoms with Crippen molar-refractivity contribution in [3.63, 3.8) is 0 Å². The summed E-state index contributed by atoms with van der Waals surface area (Å²) in [5.74, 6) is 1.65. The van der Waals surface area contributed by atoms with Gasteiger partial charge in [0.15, 0.2) is 0 Å². The molecule has 1 aromatic rings. The molecular weight excluding hydrogens is 288 g/mol. The maximum atomic E-state index is 12.7. The third-order valence-corrected chi connectivity index (χ3v) is 6.14. The first-order valence-electron chi connectivity index (χ1n) is 7.55. The number of hydrogen-bond acceptors (Lipinski definition) is 4. The number of fused-ring (bicyclic) bond motifs is 1. The van der Waals surface area contributed by atoms with Crippen molar-refractivity contribution in [2.24, 2.45) is 11.8 Å². The highest BCUT2D eigenvalue weighted by atomic mass is 32.2. The molecule has 1 N–H and O–H groups in total. The van der Waals surface area contributed by atoms with E-state index in [1.54, 1.807) is 28.6 Å². The van der Waals surface area contributed by atoms with Crippen molar-refractivity contribution in [2.45, 2.75) is 18.2 Å². The molecule has 0 bridgehead atoms. The van der Waals surface area contributed by atoms with Gasteiger partial charge in [-0.1, -0.05) is 6.92 Å². The van der Waals surface area contributed by atoms with Gasteiger partial charge < -0.3 is 10.1 Å². The van der Waals surface area contributed by atoms with Crippen LogP contribution in [-0.4, -0.2) is 45.5 Å². The molecule has 2 atom stereocenters. The van der Waals surface area contributed by atoms with Gasteiger partial charge in [-0.05, 0) is 55.6 Å². The Bertz CT molecular complexity index is 573. The Morgan fingerprint density at radius 3 is 2.38 bits per heavy atom. The largest absolute Gasteiger partial charge is 0.494 e. The van der Waals surface area contributed by atoms with Crippen LogP contribution < -0.4 is 10.1 Å². The Morgan fingerprint density at radius 1 is 1.19 bits per heavy atom. The van der Waals surface area contributed by atoms with Crippen molar-refractivity contribution in [1.82, 2.24) is 9.62 Å². The summed E-state index contributed by atoms with van der Waals surface area (Å²) in [5.41, 5.74) is 0. The molecule has 0 aromatic heterocycles. The number of benzene rings is 1. The molecule has 21 heavy (non-hydrogen) atoms. The fourth-order valence-corrected chi connectivity index (χ4v) is 4.64. The van der Waals surface area contributed by atoms with Crippen molar-refractivity contribution in [2.75, 3.05) is 32.8 Å². The normalized spacial score (nSPS) is 26.0. The van der Waals surface area contributed by atoms with Gasteiger partial charge in [0.1, 0.15) is 5.75 Å². The minimum atomic E-state index is -3.37. The van der Waals surface area contributed by atoms with Crippen molar-refractivity contribution in [3.8, 4) is 5.75 Å². The molecule has 0 radical (unpaired) electrons. The molecule has 0 unspecified atom stereocenters. The summed E-state index contributed by atoms with van der Waals surface area (Å²) >= 11 is 0. The fourth-order valence-electron chi connectivity index (χ4n) is 3.09. The first-order valence-corrected chi connectivity index (χ1v) is 8.99. The van der Waals surface area contributed by atoms with Crippen LogP contribution in [0.25, 0.3) is 0 Å². The molecule has 116 valence electrons. The molecular formula is C15H22N2O3S. The molecule has 0 amide bonds. The van der Waals surface area contributed by atoms with E-state index < -0.39 is 10.0 Å². The lowest BCUT2D eigenvalue weighted by Crippen LogP contribution is -2.31. The number of rotatable bonds is 5. The van der Waals surface area contributed by atoms with E-state index in [4.69, 9.17) is 4.74 Å². The summed E-state index contributed by atoms with van der Waals surface area (Å²) in [4.78, 5) is 0.360. The van der Waals surface area contributed by atoms with Crippen molar-refractivity contribution >= 4 is 10.0 Å². The molecule has 2 saturated heterocycles. The van der Waals surface area contributed by atoms with Crippen LogP contribution in [-0.2, 0) is 10.0 Å². The van der Waals surface area contributed by atoms with Crippen molar-refractivity contribution in [3.05, 3.63) is 24.3 Å². The Labute approximate surface area is 126 Å². The standard InChI is InChI=1S/C15H22N2O3S/c1-2-7-20-14-3-5-15(6-4-14)21(18,19)17-10-12-8-16-9-13(12)11-17/h3-6,12-13,16H,2,7-11H2,1H3/t12-,13+. The van der Waals surface area contributed by atoms with Crippen LogP contribution in [0.2, 0.25) is 0 Å². The highest BCUT2D eigenvalue weighted by molar-refractivity contribution is 7.89. The molecule has 5 nitrogen and oxygen atoms in total. The number of nitrogens with zero attached hydrogens (tertiary/aromatic N) is 1. The summed E-state index contributed by atoms with van der Waals surface area (Å²) in [5, 5.41) is 3.33. The van der Waals surface area contributed by atoms with Crippen LogP contribution in [0, 0.1) is 11.8 Å². The molecule has 0 spiro atoms. The summed E-state index contributed by atoms with van der Waals surface area (Å²) in [6.45, 7) is 5.82. The van der Waals surface area contributed by atoms with Crippen LogP contribution in [0.4, 0.5) is 0 Å². The fraction of sp³-hybridized carbons (Fsp3) is 0.600. The van der Waals surface area contributed by atoms with Gasteiger partial charge in [0, 0.05) is 13.1 Å². The molecule has 2 aliphatic rings. The third kappa shape index (κ3) is 2.93. The highest BCUT2D eigenvalue weighted by Gasteiger charge is 2.41. The second kappa shape index (κ2) is 5.94. The smallest absolute Gasteiger partial charge is 0.243 e. The van der Waals surface area contributed by atoms with E-state index in [0.717, 1.165) is 25.3 Å². The summed E-state index contributed by atoms with van der Waals surface area (Å²) in [6.07, 6.45) is 0.935. The second-order valence-corrected chi connectivity index (χ2v) is 7.76. The first-order chi connectivity index (χ1) is 10.1. The van der Waals surface area contributed by atoms with Gasteiger partial charge >= 0.3 is 0 Å². The first kappa shape index (κ1) is 14.8. The minimum absolute atomic E-state index is 0.360. The number of nitrogens with one attached hydrogen (secondary N) is 1. The van der Waals surface area contributed by atoms with Crippen LogP contribution in [0.3, 0.4) is 0 Å². The van der Waals surface area contributed by atoms with E-state index in [0.29, 0.717) is 36.4 Å². The van der Waals surface area contributed by atoms with Gasteiger partial charge in [-0.3, -0.25) is 0 Å². The SMILES string of the molecule is CCCOc1ccc(S(=O)(=O)N2C[C@H]3CNC[C@H]3C2)cc1. The van der Waals surface area contributed by atoms with Gasteiger partial charge in [-0.2, -0.15) is 4.31 Å². The summed E-state index contributed by atoms with van der Waals surface area (Å²) in [6, 6.07) is 6.77. The zero-order chi connectivity index (χ0) is 14.9. The predicted octanol–water partition coefficient (Wildman–Crippen LogP) is 1.32. The van der Waals surface area contributed by atoms with Gasteiger partial charge in [0.25, 0.3) is 0 Å². The van der Waals surface area contributed by atoms with E-state index in [9.17, 15) is 8.42 Å². The van der Waals surface area contributed by atoms with E-state index >= 15 is 0 Å². The average Bonchev–Trinajstić information content (AvgIpc) is 3.07. The Balaban J connectivity index is 1.73. The van der Waals surface area contributed by atoms with Gasteiger partial charge in [0.05, 0.1) is 11.5 Å². The Hall–Kier alpha value is -1.11. The maximum absolute atomic E-state index is 12.7. The van der Waals surface area contributed by atoms with Crippen molar-refractivity contribution < 1.29 is 13.2 Å². The topological polar surface area (TPSA) is 58.6 Å². The molecule has 2 aliphatic heterocycles. The minimum Gasteiger partial charge on any atom is -0.494 e. The van der Waals surface area contributed by atoms with Gasteiger partial charge in [0.2, 0.25) is 10.0 Å². The molecule has 0 aliphatic carbocycles. The quantitative estimate of drug-likeness (QED) is 0.891. The molecule has 2 fully saturated rings. The molecule has 3 rings (SSSR count). The predicted molar refractivity (Wildman–Crippen MR) is 80.8 cm³/mol. The van der Waals surface area contributed by atoms with Crippen LogP contribution >= 0.6 is 0 Å². The molecule has 0 saturated carbocycles. The lowest BCUT2D eigenvalue weighted by molar-refractivity contribution is 0.317. The van der Waals surface area contributed by atoms with E-state index in [-0.39, 0.29) is 0 Å². The average molecular weight is 310 g/mol. The zero-order valence-corrected chi connectivity index (χ0v) is 13.1. The monoisotopic (exact) mass is 310 g/mol. The van der Waals surface area contributed by atoms with E-state index in [1.807, 2.05) is 6.92 Å². The molecule has 2 heterocycles. The van der Waals surface area contributed by atoms with E-state index in [1.165, 1.54) is 0 Å². The summed E-state index contributed by atoms with van der Waals surface area (Å²) < 4.78 is 32.4.